The van der Waals surface area contributed by atoms with Gasteiger partial charge in [0.1, 0.15) is 0 Å². The largest absolute Gasteiger partial charge is 0.316 e. The monoisotopic (exact) mass is 272 g/mol. The molecule has 110 valence electrons. The van der Waals surface area contributed by atoms with Crippen molar-refractivity contribution in [1.82, 2.24) is 10.2 Å². The fraction of sp³-hybridized carbons (Fsp3) is 0.667. The van der Waals surface area contributed by atoms with Gasteiger partial charge in [0.25, 0.3) is 0 Å². The lowest BCUT2D eigenvalue weighted by Gasteiger charge is -2.40. The van der Waals surface area contributed by atoms with Crippen LogP contribution >= 0.6 is 0 Å². The van der Waals surface area contributed by atoms with Gasteiger partial charge in [-0.1, -0.05) is 38.1 Å². The lowest BCUT2D eigenvalue weighted by molar-refractivity contribution is 0.0978. The zero-order valence-corrected chi connectivity index (χ0v) is 13.0. The molecule has 2 aliphatic rings. The van der Waals surface area contributed by atoms with Gasteiger partial charge in [-0.2, -0.15) is 0 Å². The van der Waals surface area contributed by atoms with Crippen LogP contribution in [-0.2, 0) is 6.54 Å². The van der Waals surface area contributed by atoms with E-state index in [1.54, 1.807) is 0 Å². The van der Waals surface area contributed by atoms with Crippen LogP contribution in [0.3, 0.4) is 0 Å². The van der Waals surface area contributed by atoms with E-state index in [9.17, 15) is 0 Å². The van der Waals surface area contributed by atoms with Gasteiger partial charge in [0.15, 0.2) is 0 Å². The minimum atomic E-state index is 0.579. The number of nitrogens with zero attached hydrogens (tertiary/aromatic N) is 1. The van der Waals surface area contributed by atoms with Gasteiger partial charge >= 0.3 is 0 Å². The molecule has 1 aromatic rings. The molecule has 0 unspecified atom stereocenters. The second-order valence-corrected chi connectivity index (χ2v) is 7.14. The molecule has 1 N–H and O–H groups in total. The normalized spacial score (nSPS) is 27.6. The molecule has 0 radical (unpaired) electrons. The van der Waals surface area contributed by atoms with Gasteiger partial charge in [-0.15, -0.1) is 0 Å². The highest BCUT2D eigenvalue weighted by molar-refractivity contribution is 5.24. The van der Waals surface area contributed by atoms with E-state index in [1.165, 1.54) is 56.6 Å². The molecule has 2 heterocycles. The number of piperidine rings is 1. The number of rotatable bonds is 3. The first-order valence-electron chi connectivity index (χ1n) is 8.19. The number of nitrogens with one attached hydrogen (secondary N) is 1. The SMILES string of the molecule is CC(C)c1ccc(CN2CCC[C@]3(CCNC3)C2)cc1. The van der Waals surface area contributed by atoms with Crippen molar-refractivity contribution in [3.8, 4) is 0 Å². The van der Waals surface area contributed by atoms with Gasteiger partial charge in [-0.05, 0) is 54.8 Å². The highest BCUT2D eigenvalue weighted by Gasteiger charge is 2.37. The van der Waals surface area contributed by atoms with Crippen molar-refractivity contribution in [1.29, 1.82) is 0 Å². The Bertz CT molecular complexity index is 429. The summed E-state index contributed by atoms with van der Waals surface area (Å²) in [5.41, 5.74) is 3.50. The van der Waals surface area contributed by atoms with E-state index in [-0.39, 0.29) is 0 Å². The molecule has 0 aliphatic carbocycles. The van der Waals surface area contributed by atoms with E-state index in [0.29, 0.717) is 11.3 Å². The first-order chi connectivity index (χ1) is 9.67. The van der Waals surface area contributed by atoms with Crippen molar-refractivity contribution in [3.05, 3.63) is 35.4 Å². The molecule has 0 aromatic heterocycles. The smallest absolute Gasteiger partial charge is 0.0233 e. The van der Waals surface area contributed by atoms with Gasteiger partial charge in [0, 0.05) is 19.6 Å². The lowest BCUT2D eigenvalue weighted by Crippen LogP contribution is -2.43. The van der Waals surface area contributed by atoms with Crippen molar-refractivity contribution in [3.63, 3.8) is 0 Å². The third-order valence-electron chi connectivity index (χ3n) is 5.13. The average Bonchev–Trinajstić information content (AvgIpc) is 2.87. The van der Waals surface area contributed by atoms with Gasteiger partial charge in [-0.3, -0.25) is 4.90 Å². The van der Waals surface area contributed by atoms with Gasteiger partial charge in [0.2, 0.25) is 0 Å². The van der Waals surface area contributed by atoms with Crippen LogP contribution in [0.5, 0.6) is 0 Å². The van der Waals surface area contributed by atoms with Crippen molar-refractivity contribution in [2.75, 3.05) is 26.2 Å². The summed E-state index contributed by atoms with van der Waals surface area (Å²) in [6, 6.07) is 9.25. The Kier molecular flexibility index (Phi) is 4.13. The molecule has 0 saturated carbocycles. The van der Waals surface area contributed by atoms with Crippen molar-refractivity contribution >= 4 is 0 Å². The molecule has 2 aliphatic heterocycles. The van der Waals surface area contributed by atoms with Crippen LogP contribution in [0.4, 0.5) is 0 Å². The number of likely N-dealkylation sites (tertiary alicyclic amines) is 1. The number of hydrogen-bond donors (Lipinski definition) is 1. The predicted octanol–water partition coefficient (Wildman–Crippen LogP) is 3.39. The molecule has 2 nitrogen and oxygen atoms in total. The Morgan fingerprint density at radius 2 is 2.00 bits per heavy atom. The summed E-state index contributed by atoms with van der Waals surface area (Å²) in [5.74, 6) is 0.631. The molecular weight excluding hydrogens is 244 g/mol. The molecule has 0 bridgehead atoms. The average molecular weight is 272 g/mol. The quantitative estimate of drug-likeness (QED) is 0.907. The Morgan fingerprint density at radius 1 is 1.20 bits per heavy atom. The molecule has 2 saturated heterocycles. The first-order valence-corrected chi connectivity index (χ1v) is 8.19. The highest BCUT2D eigenvalue weighted by Crippen LogP contribution is 2.35. The second-order valence-electron chi connectivity index (χ2n) is 7.14. The zero-order valence-electron chi connectivity index (χ0n) is 13.0. The first kappa shape index (κ1) is 14.1. The van der Waals surface area contributed by atoms with Crippen LogP contribution in [0.15, 0.2) is 24.3 Å². The summed E-state index contributed by atoms with van der Waals surface area (Å²) >= 11 is 0. The van der Waals surface area contributed by atoms with Crippen molar-refractivity contribution in [2.45, 2.75) is 45.6 Å². The minimum Gasteiger partial charge on any atom is -0.316 e. The van der Waals surface area contributed by atoms with E-state index in [1.807, 2.05) is 0 Å². The number of benzene rings is 1. The van der Waals surface area contributed by atoms with E-state index < -0.39 is 0 Å². The molecule has 0 amide bonds. The van der Waals surface area contributed by atoms with Crippen LogP contribution in [-0.4, -0.2) is 31.1 Å². The fourth-order valence-electron chi connectivity index (χ4n) is 3.86. The van der Waals surface area contributed by atoms with Gasteiger partial charge in [-0.25, -0.2) is 0 Å². The molecule has 2 heteroatoms. The Labute approximate surface area is 123 Å². The Morgan fingerprint density at radius 3 is 2.65 bits per heavy atom. The zero-order chi connectivity index (χ0) is 14.0. The van der Waals surface area contributed by atoms with Crippen LogP contribution in [0.1, 0.15) is 50.2 Å². The minimum absolute atomic E-state index is 0.579. The predicted molar refractivity (Wildman–Crippen MR) is 85.0 cm³/mol. The molecular formula is C18H28N2. The molecule has 20 heavy (non-hydrogen) atoms. The van der Waals surface area contributed by atoms with Gasteiger partial charge < -0.3 is 5.32 Å². The topological polar surface area (TPSA) is 15.3 Å². The van der Waals surface area contributed by atoms with E-state index >= 15 is 0 Å². The van der Waals surface area contributed by atoms with Gasteiger partial charge in [0.05, 0.1) is 0 Å². The molecule has 1 atom stereocenters. The summed E-state index contributed by atoms with van der Waals surface area (Å²) in [5, 5.41) is 3.56. The maximum atomic E-state index is 3.56. The lowest BCUT2D eigenvalue weighted by atomic mass is 9.79. The molecule has 3 rings (SSSR count). The summed E-state index contributed by atoms with van der Waals surface area (Å²) in [6.45, 7) is 10.7. The summed E-state index contributed by atoms with van der Waals surface area (Å²) in [4.78, 5) is 2.67. The Balaban J connectivity index is 1.62. The van der Waals surface area contributed by atoms with E-state index in [0.717, 1.165) is 6.54 Å². The highest BCUT2D eigenvalue weighted by atomic mass is 15.1. The van der Waals surface area contributed by atoms with Crippen LogP contribution in [0.2, 0.25) is 0 Å². The third kappa shape index (κ3) is 3.07. The van der Waals surface area contributed by atoms with E-state index in [2.05, 4.69) is 48.3 Å². The maximum absolute atomic E-state index is 3.56. The maximum Gasteiger partial charge on any atom is 0.0233 e. The molecule has 1 spiro atoms. The van der Waals surface area contributed by atoms with Crippen LogP contribution in [0.25, 0.3) is 0 Å². The summed E-state index contributed by atoms with van der Waals surface area (Å²) in [6.07, 6.45) is 4.16. The van der Waals surface area contributed by atoms with Crippen molar-refractivity contribution < 1.29 is 0 Å². The molecule has 1 aromatic carbocycles. The number of hydrogen-bond acceptors (Lipinski definition) is 2. The second kappa shape index (κ2) is 5.87. The third-order valence-corrected chi connectivity index (χ3v) is 5.13. The van der Waals surface area contributed by atoms with Crippen LogP contribution in [0, 0.1) is 5.41 Å². The summed E-state index contributed by atoms with van der Waals surface area (Å²) in [7, 11) is 0. The fourth-order valence-corrected chi connectivity index (χ4v) is 3.86. The summed E-state index contributed by atoms with van der Waals surface area (Å²) < 4.78 is 0. The molecule has 2 fully saturated rings. The van der Waals surface area contributed by atoms with Crippen LogP contribution < -0.4 is 5.32 Å². The Hall–Kier alpha value is -0.860. The van der Waals surface area contributed by atoms with E-state index in [4.69, 9.17) is 0 Å². The standard InChI is InChI=1S/C18H28N2/c1-15(2)17-6-4-16(5-7-17)12-20-11-3-8-18(14-20)9-10-19-13-18/h4-7,15,19H,3,8-14H2,1-2H3/t18-/m1/s1. The van der Waals surface area contributed by atoms with Crippen molar-refractivity contribution in [2.24, 2.45) is 5.41 Å².